The highest BCUT2D eigenvalue weighted by atomic mass is 79.9. The number of nitrogens with zero attached hydrogens (tertiary/aromatic N) is 2. The standard InChI is InChI=1S/C24H23BrN2O4S/c25-19-13-18(9-10-20(19)31-16-17-7-3-1-4-8-17)14-21-23(29)27(24(30)32-21)15-22(28)26-11-5-2-6-12-26/h1,3-4,7-10,13-14H,2,5-6,11-12,15-16H2/b21-14-. The van der Waals surface area contributed by atoms with Crippen molar-refractivity contribution in [1.29, 1.82) is 0 Å². The minimum atomic E-state index is -0.425. The second-order valence-electron chi connectivity index (χ2n) is 7.67. The van der Waals surface area contributed by atoms with Crippen LogP contribution in [0.4, 0.5) is 4.79 Å². The highest BCUT2D eigenvalue weighted by Gasteiger charge is 2.37. The molecule has 2 aliphatic heterocycles. The van der Waals surface area contributed by atoms with E-state index in [0.29, 0.717) is 30.4 Å². The largest absolute Gasteiger partial charge is 0.488 e. The molecule has 0 aromatic heterocycles. The summed E-state index contributed by atoms with van der Waals surface area (Å²) in [5.74, 6) is 0.0908. The third-order valence-electron chi connectivity index (χ3n) is 5.37. The van der Waals surface area contributed by atoms with Crippen LogP contribution in [0, 0.1) is 0 Å². The van der Waals surface area contributed by atoms with E-state index < -0.39 is 11.1 Å². The van der Waals surface area contributed by atoms with Gasteiger partial charge in [0.25, 0.3) is 11.1 Å². The van der Waals surface area contributed by atoms with E-state index in [1.54, 1.807) is 11.0 Å². The van der Waals surface area contributed by atoms with Gasteiger partial charge < -0.3 is 9.64 Å². The molecule has 2 heterocycles. The van der Waals surface area contributed by atoms with Crippen LogP contribution >= 0.6 is 27.7 Å². The summed E-state index contributed by atoms with van der Waals surface area (Å²) in [7, 11) is 0. The first-order valence-electron chi connectivity index (χ1n) is 10.5. The molecule has 0 aliphatic carbocycles. The zero-order valence-corrected chi connectivity index (χ0v) is 19.9. The molecule has 0 atom stereocenters. The minimum absolute atomic E-state index is 0.170. The lowest BCUT2D eigenvalue weighted by atomic mass is 10.1. The predicted octanol–water partition coefficient (Wildman–Crippen LogP) is 5.08. The number of likely N-dealkylation sites (tertiary alicyclic amines) is 1. The van der Waals surface area contributed by atoms with Crippen molar-refractivity contribution < 1.29 is 19.1 Å². The van der Waals surface area contributed by atoms with Crippen molar-refractivity contribution in [2.75, 3.05) is 19.6 Å². The highest BCUT2D eigenvalue weighted by molar-refractivity contribution is 9.10. The number of thioether (sulfide) groups is 1. The number of halogens is 1. The van der Waals surface area contributed by atoms with Crippen molar-refractivity contribution in [2.24, 2.45) is 0 Å². The number of rotatable bonds is 6. The summed E-state index contributed by atoms with van der Waals surface area (Å²) in [4.78, 5) is 40.7. The Kier molecular flexibility index (Phi) is 7.32. The quantitative estimate of drug-likeness (QED) is 0.503. The summed E-state index contributed by atoms with van der Waals surface area (Å²) in [6.07, 6.45) is 4.71. The normalized spacial score (nSPS) is 17.8. The lowest BCUT2D eigenvalue weighted by Gasteiger charge is -2.27. The Balaban J connectivity index is 1.40. The van der Waals surface area contributed by atoms with E-state index in [-0.39, 0.29) is 12.5 Å². The van der Waals surface area contributed by atoms with Crippen molar-refractivity contribution in [3.8, 4) is 5.75 Å². The number of imide groups is 1. The summed E-state index contributed by atoms with van der Waals surface area (Å²) in [6.45, 7) is 1.63. The molecule has 6 nitrogen and oxygen atoms in total. The van der Waals surface area contributed by atoms with Gasteiger partial charge in [-0.05, 0) is 76.3 Å². The Morgan fingerprint density at radius 1 is 1.06 bits per heavy atom. The van der Waals surface area contributed by atoms with Crippen LogP contribution in [-0.2, 0) is 16.2 Å². The molecule has 0 N–H and O–H groups in total. The lowest BCUT2D eigenvalue weighted by Crippen LogP contribution is -2.44. The van der Waals surface area contributed by atoms with Gasteiger partial charge in [0.05, 0.1) is 9.38 Å². The second-order valence-corrected chi connectivity index (χ2v) is 9.52. The summed E-state index contributed by atoms with van der Waals surface area (Å²) < 4.78 is 6.61. The summed E-state index contributed by atoms with van der Waals surface area (Å²) in [6, 6.07) is 15.4. The Morgan fingerprint density at radius 3 is 2.53 bits per heavy atom. The van der Waals surface area contributed by atoms with Crippen LogP contribution < -0.4 is 4.74 Å². The molecule has 2 aromatic carbocycles. The van der Waals surface area contributed by atoms with Crippen molar-refractivity contribution in [3.63, 3.8) is 0 Å². The molecule has 4 rings (SSSR count). The molecule has 0 radical (unpaired) electrons. The minimum Gasteiger partial charge on any atom is -0.488 e. The SMILES string of the molecule is O=C(CN1C(=O)S/C(=C\c2ccc(OCc3ccccc3)c(Br)c2)C1=O)N1CCCCC1. The van der Waals surface area contributed by atoms with Crippen LogP contribution in [0.2, 0.25) is 0 Å². The van der Waals surface area contributed by atoms with E-state index in [0.717, 1.165) is 51.5 Å². The van der Waals surface area contributed by atoms with E-state index in [1.807, 2.05) is 48.5 Å². The fourth-order valence-corrected chi connectivity index (χ4v) is 4.97. The van der Waals surface area contributed by atoms with E-state index in [4.69, 9.17) is 4.74 Å². The topological polar surface area (TPSA) is 66.9 Å². The molecule has 32 heavy (non-hydrogen) atoms. The van der Waals surface area contributed by atoms with E-state index in [2.05, 4.69) is 15.9 Å². The number of piperidine rings is 1. The van der Waals surface area contributed by atoms with Gasteiger partial charge in [0.2, 0.25) is 5.91 Å². The van der Waals surface area contributed by atoms with Crippen LogP contribution in [0.25, 0.3) is 6.08 Å². The van der Waals surface area contributed by atoms with E-state index in [1.165, 1.54) is 0 Å². The van der Waals surface area contributed by atoms with Gasteiger partial charge in [0.1, 0.15) is 18.9 Å². The van der Waals surface area contributed by atoms with Crippen molar-refractivity contribution in [2.45, 2.75) is 25.9 Å². The van der Waals surface area contributed by atoms with Gasteiger partial charge in [-0.15, -0.1) is 0 Å². The molecule has 2 aliphatic rings. The van der Waals surface area contributed by atoms with Crippen molar-refractivity contribution in [3.05, 3.63) is 69.0 Å². The summed E-state index contributed by atoms with van der Waals surface area (Å²) in [5, 5.41) is -0.409. The fraction of sp³-hybridized carbons (Fsp3) is 0.292. The Hall–Kier alpha value is -2.58. The Bertz CT molecular complexity index is 1050. The maximum Gasteiger partial charge on any atom is 0.294 e. The maximum absolute atomic E-state index is 12.8. The average molecular weight is 515 g/mol. The summed E-state index contributed by atoms with van der Waals surface area (Å²) in [5.41, 5.74) is 1.83. The van der Waals surface area contributed by atoms with Crippen LogP contribution in [0.5, 0.6) is 5.75 Å². The zero-order chi connectivity index (χ0) is 22.5. The molecular formula is C24H23BrN2O4S. The number of amides is 3. The number of ether oxygens (including phenoxy) is 1. The number of carbonyl (C=O) groups is 3. The average Bonchev–Trinajstić information content (AvgIpc) is 3.07. The maximum atomic E-state index is 12.8. The Labute approximate surface area is 199 Å². The molecule has 0 spiro atoms. The monoisotopic (exact) mass is 514 g/mol. The predicted molar refractivity (Wildman–Crippen MR) is 128 cm³/mol. The molecule has 2 aromatic rings. The van der Waals surface area contributed by atoms with Gasteiger partial charge >= 0.3 is 0 Å². The Morgan fingerprint density at radius 2 is 1.81 bits per heavy atom. The summed E-state index contributed by atoms with van der Waals surface area (Å²) >= 11 is 4.38. The highest BCUT2D eigenvalue weighted by Crippen LogP contribution is 2.34. The first-order valence-corrected chi connectivity index (χ1v) is 12.1. The first-order chi connectivity index (χ1) is 15.5. The number of hydrogen-bond acceptors (Lipinski definition) is 5. The third-order valence-corrected chi connectivity index (χ3v) is 6.89. The van der Waals surface area contributed by atoms with E-state index in [9.17, 15) is 14.4 Å². The number of benzene rings is 2. The molecule has 0 saturated carbocycles. The number of hydrogen-bond donors (Lipinski definition) is 0. The van der Waals surface area contributed by atoms with E-state index >= 15 is 0 Å². The van der Waals surface area contributed by atoms with Gasteiger partial charge in [-0.25, -0.2) is 0 Å². The smallest absolute Gasteiger partial charge is 0.294 e. The molecule has 2 fully saturated rings. The molecule has 2 saturated heterocycles. The molecule has 0 unspecified atom stereocenters. The molecule has 8 heteroatoms. The van der Waals surface area contributed by atoms with Crippen LogP contribution in [0.1, 0.15) is 30.4 Å². The fourth-order valence-electron chi connectivity index (χ4n) is 3.63. The van der Waals surface area contributed by atoms with Gasteiger partial charge in [-0.3, -0.25) is 19.3 Å². The second kappa shape index (κ2) is 10.4. The van der Waals surface area contributed by atoms with Gasteiger partial charge in [0, 0.05) is 13.1 Å². The van der Waals surface area contributed by atoms with Gasteiger partial charge in [-0.2, -0.15) is 0 Å². The number of carbonyl (C=O) groups excluding carboxylic acids is 3. The van der Waals surface area contributed by atoms with Crippen molar-refractivity contribution in [1.82, 2.24) is 9.80 Å². The molecule has 3 amide bonds. The zero-order valence-electron chi connectivity index (χ0n) is 17.5. The third kappa shape index (κ3) is 5.42. The van der Waals surface area contributed by atoms with Crippen LogP contribution in [0.3, 0.4) is 0 Å². The van der Waals surface area contributed by atoms with Crippen LogP contribution in [-0.4, -0.2) is 46.5 Å². The van der Waals surface area contributed by atoms with Gasteiger partial charge in [-0.1, -0.05) is 36.4 Å². The molecule has 166 valence electrons. The molecular weight excluding hydrogens is 492 g/mol. The van der Waals surface area contributed by atoms with Gasteiger partial charge in [0.15, 0.2) is 0 Å². The lowest BCUT2D eigenvalue weighted by molar-refractivity contribution is -0.136. The molecule has 0 bridgehead atoms. The van der Waals surface area contributed by atoms with Crippen molar-refractivity contribution >= 4 is 50.8 Å². The van der Waals surface area contributed by atoms with Crippen LogP contribution in [0.15, 0.2) is 57.9 Å². The first kappa shape index (κ1) is 22.6.